The van der Waals surface area contributed by atoms with Crippen LogP contribution in [0.15, 0.2) is 45.3 Å². The summed E-state index contributed by atoms with van der Waals surface area (Å²) in [5.41, 5.74) is 2.19. The fourth-order valence-electron chi connectivity index (χ4n) is 1.87. The van der Waals surface area contributed by atoms with Gasteiger partial charge in [0.1, 0.15) is 18.1 Å². The van der Waals surface area contributed by atoms with Crippen LogP contribution in [0.25, 0.3) is 0 Å². The third kappa shape index (κ3) is 4.73. The maximum absolute atomic E-state index is 9.27. The SMILES string of the molecule is CCNCc1cc(Br)c(OCc2ccc(O)cc2)c(Br)c1. The maximum Gasteiger partial charge on any atom is 0.148 e. The lowest BCUT2D eigenvalue weighted by Crippen LogP contribution is -2.11. The molecule has 0 aliphatic rings. The first-order valence-corrected chi connectivity index (χ1v) is 8.28. The fourth-order valence-corrected chi connectivity index (χ4v) is 3.38. The van der Waals surface area contributed by atoms with E-state index in [9.17, 15) is 5.11 Å². The van der Waals surface area contributed by atoms with Gasteiger partial charge in [-0.15, -0.1) is 0 Å². The van der Waals surface area contributed by atoms with E-state index in [1.807, 2.05) is 12.1 Å². The van der Waals surface area contributed by atoms with Crippen LogP contribution in [0.3, 0.4) is 0 Å². The summed E-state index contributed by atoms with van der Waals surface area (Å²) in [5, 5.41) is 12.6. The van der Waals surface area contributed by atoms with Crippen molar-refractivity contribution in [2.24, 2.45) is 0 Å². The average molecular weight is 415 g/mol. The lowest BCUT2D eigenvalue weighted by molar-refractivity contribution is 0.302. The third-order valence-electron chi connectivity index (χ3n) is 2.96. The maximum atomic E-state index is 9.27. The van der Waals surface area contributed by atoms with Gasteiger partial charge in [0.15, 0.2) is 0 Å². The zero-order valence-electron chi connectivity index (χ0n) is 11.7. The molecule has 5 heteroatoms. The van der Waals surface area contributed by atoms with Gasteiger partial charge < -0.3 is 15.2 Å². The Balaban J connectivity index is 2.07. The highest BCUT2D eigenvalue weighted by molar-refractivity contribution is 9.11. The van der Waals surface area contributed by atoms with E-state index in [2.05, 4.69) is 56.2 Å². The summed E-state index contributed by atoms with van der Waals surface area (Å²) in [7, 11) is 0. The smallest absolute Gasteiger partial charge is 0.148 e. The Morgan fingerprint density at radius 3 is 2.24 bits per heavy atom. The van der Waals surface area contributed by atoms with Crippen LogP contribution in [0.5, 0.6) is 11.5 Å². The second-order valence-electron chi connectivity index (χ2n) is 4.62. The third-order valence-corrected chi connectivity index (χ3v) is 4.13. The molecule has 0 aliphatic heterocycles. The van der Waals surface area contributed by atoms with Crippen LogP contribution in [0.2, 0.25) is 0 Å². The Morgan fingerprint density at radius 2 is 1.67 bits per heavy atom. The molecule has 21 heavy (non-hydrogen) atoms. The molecule has 0 aliphatic carbocycles. The van der Waals surface area contributed by atoms with Gasteiger partial charge in [0.2, 0.25) is 0 Å². The molecule has 2 aromatic carbocycles. The number of ether oxygens (including phenoxy) is 1. The van der Waals surface area contributed by atoms with E-state index in [1.165, 1.54) is 5.56 Å². The lowest BCUT2D eigenvalue weighted by Gasteiger charge is -2.13. The largest absolute Gasteiger partial charge is 0.508 e. The summed E-state index contributed by atoms with van der Waals surface area (Å²) in [6.45, 7) is 4.30. The first-order valence-electron chi connectivity index (χ1n) is 6.69. The van der Waals surface area contributed by atoms with Crippen molar-refractivity contribution in [3.8, 4) is 11.5 Å². The zero-order valence-corrected chi connectivity index (χ0v) is 14.9. The number of aromatic hydroxyl groups is 1. The molecule has 2 aromatic rings. The molecule has 0 bridgehead atoms. The quantitative estimate of drug-likeness (QED) is 0.725. The summed E-state index contributed by atoms with van der Waals surface area (Å²) in [4.78, 5) is 0. The Kier molecular flexibility index (Phi) is 6.08. The molecule has 0 radical (unpaired) electrons. The molecule has 0 saturated carbocycles. The number of halogens is 2. The van der Waals surface area contributed by atoms with Gasteiger partial charge in [-0.3, -0.25) is 0 Å². The van der Waals surface area contributed by atoms with Gasteiger partial charge in [0, 0.05) is 6.54 Å². The van der Waals surface area contributed by atoms with Crippen LogP contribution in [0.1, 0.15) is 18.1 Å². The van der Waals surface area contributed by atoms with Crippen LogP contribution in [-0.2, 0) is 13.2 Å². The molecule has 0 aromatic heterocycles. The summed E-state index contributed by atoms with van der Waals surface area (Å²) >= 11 is 7.10. The fraction of sp³-hybridized carbons (Fsp3) is 0.250. The minimum atomic E-state index is 0.258. The second-order valence-corrected chi connectivity index (χ2v) is 6.33. The molecular weight excluding hydrogens is 398 g/mol. The van der Waals surface area contributed by atoms with E-state index in [0.29, 0.717) is 6.61 Å². The van der Waals surface area contributed by atoms with Crippen molar-refractivity contribution in [3.63, 3.8) is 0 Å². The molecule has 0 unspecified atom stereocenters. The van der Waals surface area contributed by atoms with E-state index in [4.69, 9.17) is 4.74 Å². The highest BCUT2D eigenvalue weighted by Gasteiger charge is 2.09. The van der Waals surface area contributed by atoms with E-state index in [-0.39, 0.29) is 5.75 Å². The molecule has 112 valence electrons. The summed E-state index contributed by atoms with van der Waals surface area (Å²) in [6, 6.07) is 11.1. The van der Waals surface area contributed by atoms with Crippen LogP contribution in [0.4, 0.5) is 0 Å². The Hall–Kier alpha value is -1.04. The molecule has 2 N–H and O–H groups in total. The van der Waals surface area contributed by atoms with E-state index in [0.717, 1.165) is 33.3 Å². The summed E-state index contributed by atoms with van der Waals surface area (Å²) in [5.74, 6) is 1.04. The number of nitrogens with one attached hydrogen (secondary N) is 1. The number of rotatable bonds is 6. The zero-order chi connectivity index (χ0) is 15.2. The highest BCUT2D eigenvalue weighted by Crippen LogP contribution is 2.35. The monoisotopic (exact) mass is 413 g/mol. The van der Waals surface area contributed by atoms with Crippen molar-refractivity contribution in [3.05, 3.63) is 56.5 Å². The predicted molar refractivity (Wildman–Crippen MR) is 91.7 cm³/mol. The lowest BCUT2D eigenvalue weighted by atomic mass is 10.2. The summed E-state index contributed by atoms with van der Waals surface area (Å²) in [6.07, 6.45) is 0. The van der Waals surface area contributed by atoms with Crippen LogP contribution in [0, 0.1) is 0 Å². The van der Waals surface area contributed by atoms with Gasteiger partial charge in [-0.25, -0.2) is 0 Å². The summed E-state index contributed by atoms with van der Waals surface area (Å²) < 4.78 is 7.70. The van der Waals surface area contributed by atoms with Crippen molar-refractivity contribution in [1.82, 2.24) is 5.32 Å². The number of phenolic OH excluding ortho intramolecular Hbond substituents is 1. The van der Waals surface area contributed by atoms with Gasteiger partial charge in [0.05, 0.1) is 8.95 Å². The standard InChI is InChI=1S/C16H17Br2NO2/c1-2-19-9-12-7-14(17)16(15(18)8-12)21-10-11-3-5-13(20)6-4-11/h3-8,19-20H,2,9-10H2,1H3. The molecule has 0 saturated heterocycles. The molecule has 0 amide bonds. The Labute approximate surface area is 141 Å². The van der Waals surface area contributed by atoms with Gasteiger partial charge in [-0.1, -0.05) is 19.1 Å². The molecule has 0 atom stereocenters. The molecule has 3 nitrogen and oxygen atoms in total. The molecule has 0 fully saturated rings. The first kappa shape index (κ1) is 16.3. The Morgan fingerprint density at radius 1 is 1.05 bits per heavy atom. The molecule has 2 rings (SSSR count). The number of hydrogen-bond donors (Lipinski definition) is 2. The number of phenols is 1. The predicted octanol–water partition coefficient (Wildman–Crippen LogP) is 4.61. The van der Waals surface area contributed by atoms with E-state index in [1.54, 1.807) is 12.1 Å². The first-order chi connectivity index (χ1) is 10.1. The number of hydrogen-bond acceptors (Lipinski definition) is 3. The van der Waals surface area contributed by atoms with Crippen LogP contribution >= 0.6 is 31.9 Å². The normalized spacial score (nSPS) is 10.6. The van der Waals surface area contributed by atoms with Crippen LogP contribution < -0.4 is 10.1 Å². The van der Waals surface area contributed by atoms with Gasteiger partial charge in [-0.05, 0) is 73.8 Å². The minimum Gasteiger partial charge on any atom is -0.508 e. The molecule has 0 heterocycles. The Bertz CT molecular complexity index is 577. The molecular formula is C16H17Br2NO2. The van der Waals surface area contributed by atoms with Crippen LogP contribution in [-0.4, -0.2) is 11.7 Å². The molecule has 0 spiro atoms. The van der Waals surface area contributed by atoms with Crippen molar-refractivity contribution < 1.29 is 9.84 Å². The minimum absolute atomic E-state index is 0.258. The van der Waals surface area contributed by atoms with Gasteiger partial charge >= 0.3 is 0 Å². The number of benzene rings is 2. The van der Waals surface area contributed by atoms with Crippen molar-refractivity contribution in [1.29, 1.82) is 0 Å². The van der Waals surface area contributed by atoms with E-state index < -0.39 is 0 Å². The van der Waals surface area contributed by atoms with Crippen molar-refractivity contribution in [2.45, 2.75) is 20.1 Å². The van der Waals surface area contributed by atoms with Gasteiger partial charge in [-0.2, -0.15) is 0 Å². The average Bonchev–Trinajstić information content (AvgIpc) is 2.46. The van der Waals surface area contributed by atoms with Crippen molar-refractivity contribution in [2.75, 3.05) is 6.54 Å². The topological polar surface area (TPSA) is 41.5 Å². The van der Waals surface area contributed by atoms with E-state index >= 15 is 0 Å². The second kappa shape index (κ2) is 7.82. The van der Waals surface area contributed by atoms with Crippen molar-refractivity contribution >= 4 is 31.9 Å². The van der Waals surface area contributed by atoms with Gasteiger partial charge in [0.25, 0.3) is 0 Å². The highest BCUT2D eigenvalue weighted by atomic mass is 79.9.